The van der Waals surface area contributed by atoms with Gasteiger partial charge in [-0.1, -0.05) is 24.8 Å². The molecule has 0 aliphatic rings. The minimum absolute atomic E-state index is 0.274. The van der Waals surface area contributed by atoms with E-state index in [-0.39, 0.29) is 5.57 Å². The van der Waals surface area contributed by atoms with Gasteiger partial charge >= 0.3 is 0 Å². The summed E-state index contributed by atoms with van der Waals surface area (Å²) in [7, 11) is -3.23. The first kappa shape index (κ1) is 17.0. The van der Waals surface area contributed by atoms with Gasteiger partial charge in [0.1, 0.15) is 0 Å². The lowest BCUT2D eigenvalue weighted by atomic mass is 10.1. The first-order valence-corrected chi connectivity index (χ1v) is 9.52. The van der Waals surface area contributed by atoms with Gasteiger partial charge in [0.25, 0.3) is 0 Å². The van der Waals surface area contributed by atoms with E-state index >= 15 is 0 Å². The Balaban J connectivity index is 1.95. The smallest absolute Gasteiger partial charge is 0.248 e. The number of carbonyl (C=O) groups excluding carboxylic acids is 1. The van der Waals surface area contributed by atoms with Crippen LogP contribution in [0.1, 0.15) is 11.1 Å². The van der Waals surface area contributed by atoms with Gasteiger partial charge in [-0.2, -0.15) is 0 Å². The largest absolute Gasteiger partial charge is 0.366 e. The van der Waals surface area contributed by atoms with Gasteiger partial charge in [-0.3, -0.25) is 4.79 Å². The summed E-state index contributed by atoms with van der Waals surface area (Å²) >= 11 is 0. The summed E-state index contributed by atoms with van der Waals surface area (Å²) in [6.45, 7) is 4.24. The fourth-order valence-electron chi connectivity index (χ4n) is 2.74. The number of rotatable bonds is 5. The summed E-state index contributed by atoms with van der Waals surface area (Å²) in [5.41, 5.74) is 8.11. The lowest BCUT2D eigenvalue weighted by Crippen LogP contribution is -2.11. The second-order valence-corrected chi connectivity index (χ2v) is 8.00. The second-order valence-electron chi connectivity index (χ2n) is 5.98. The number of fused-ring (bicyclic) bond motifs is 1. The van der Waals surface area contributed by atoms with Gasteiger partial charge in [-0.05, 0) is 41.5 Å². The van der Waals surface area contributed by atoms with Crippen LogP contribution in [0.4, 0.5) is 0 Å². The quantitative estimate of drug-likeness (QED) is 0.715. The van der Waals surface area contributed by atoms with Crippen LogP contribution in [0.15, 0.2) is 66.2 Å². The molecule has 3 rings (SSSR count). The highest BCUT2D eigenvalue weighted by Gasteiger charge is 2.10. The number of primary amides is 1. The first-order chi connectivity index (χ1) is 11.8. The normalized spacial score (nSPS) is 11.6. The van der Waals surface area contributed by atoms with Crippen molar-refractivity contribution in [2.75, 3.05) is 6.26 Å². The van der Waals surface area contributed by atoms with Gasteiger partial charge in [-0.25, -0.2) is 8.42 Å². The van der Waals surface area contributed by atoms with Crippen LogP contribution in [-0.4, -0.2) is 25.1 Å². The van der Waals surface area contributed by atoms with E-state index in [9.17, 15) is 13.2 Å². The van der Waals surface area contributed by atoms with Crippen molar-refractivity contribution >= 4 is 32.2 Å². The van der Waals surface area contributed by atoms with Crippen LogP contribution >= 0.6 is 0 Å². The number of benzene rings is 2. The molecule has 5 nitrogen and oxygen atoms in total. The van der Waals surface area contributed by atoms with Crippen LogP contribution in [0, 0.1) is 0 Å². The third kappa shape index (κ3) is 3.49. The lowest BCUT2D eigenvalue weighted by molar-refractivity contribution is -0.112. The molecule has 0 unspecified atom stereocenters. The molecule has 128 valence electrons. The molecule has 0 radical (unpaired) electrons. The van der Waals surface area contributed by atoms with Gasteiger partial charge in [0.05, 0.1) is 4.90 Å². The fourth-order valence-corrected chi connectivity index (χ4v) is 3.43. The highest BCUT2D eigenvalue weighted by atomic mass is 32.2. The van der Waals surface area contributed by atoms with E-state index in [0.29, 0.717) is 17.0 Å². The molecule has 2 aromatic carbocycles. The average molecular weight is 354 g/mol. The second kappa shape index (κ2) is 6.22. The average Bonchev–Trinajstić information content (AvgIpc) is 2.95. The van der Waals surface area contributed by atoms with Crippen molar-refractivity contribution in [2.45, 2.75) is 11.4 Å². The molecule has 0 bridgehead atoms. The minimum Gasteiger partial charge on any atom is -0.366 e. The number of hydrogen-bond acceptors (Lipinski definition) is 3. The molecule has 1 aromatic heterocycles. The molecule has 0 aliphatic carbocycles. The third-order valence-corrected chi connectivity index (χ3v) is 5.21. The van der Waals surface area contributed by atoms with Gasteiger partial charge < -0.3 is 10.3 Å². The zero-order valence-corrected chi connectivity index (χ0v) is 14.6. The van der Waals surface area contributed by atoms with E-state index in [4.69, 9.17) is 5.73 Å². The van der Waals surface area contributed by atoms with Gasteiger partial charge in [0, 0.05) is 35.5 Å². The summed E-state index contributed by atoms with van der Waals surface area (Å²) in [5, 5.41) is 0.958. The number of nitrogens with two attached hydrogens (primary N) is 1. The number of amides is 1. The lowest BCUT2D eigenvalue weighted by Gasteiger charge is -2.08. The van der Waals surface area contributed by atoms with Crippen LogP contribution in [0.5, 0.6) is 0 Å². The molecular weight excluding hydrogens is 336 g/mol. The molecule has 0 atom stereocenters. The van der Waals surface area contributed by atoms with Crippen LogP contribution in [0.2, 0.25) is 0 Å². The zero-order chi connectivity index (χ0) is 18.2. The van der Waals surface area contributed by atoms with Crippen LogP contribution in [0.3, 0.4) is 0 Å². The van der Waals surface area contributed by atoms with E-state index in [1.807, 2.05) is 35.0 Å². The van der Waals surface area contributed by atoms with Crippen molar-refractivity contribution in [3.8, 4) is 0 Å². The molecule has 0 aliphatic heterocycles. The van der Waals surface area contributed by atoms with Crippen molar-refractivity contribution in [3.63, 3.8) is 0 Å². The Bertz CT molecular complexity index is 1090. The summed E-state index contributed by atoms with van der Waals surface area (Å²) in [6.07, 6.45) is 3.12. The Labute approximate surface area is 146 Å². The SMILES string of the molecule is C=C(C(N)=O)c1ccc2c(ccn2Cc2cccc(S(C)(=O)=O)c2)c1. The van der Waals surface area contributed by atoms with E-state index < -0.39 is 15.7 Å². The highest BCUT2D eigenvalue weighted by molar-refractivity contribution is 7.90. The molecule has 1 amide bonds. The van der Waals surface area contributed by atoms with E-state index in [1.165, 1.54) is 6.26 Å². The zero-order valence-electron chi connectivity index (χ0n) is 13.8. The Hall–Kier alpha value is -2.86. The summed E-state index contributed by atoms with van der Waals surface area (Å²) in [4.78, 5) is 11.6. The molecule has 2 N–H and O–H groups in total. The van der Waals surface area contributed by atoms with Gasteiger partial charge in [0.15, 0.2) is 9.84 Å². The highest BCUT2D eigenvalue weighted by Crippen LogP contribution is 2.23. The Kier molecular flexibility index (Phi) is 4.22. The molecule has 0 saturated carbocycles. The topological polar surface area (TPSA) is 82.2 Å². The molecular formula is C19H18N2O3S. The minimum atomic E-state index is -3.23. The van der Waals surface area contributed by atoms with Crippen LogP contribution < -0.4 is 5.73 Å². The van der Waals surface area contributed by atoms with Crippen molar-refractivity contribution in [1.82, 2.24) is 4.57 Å². The fraction of sp³-hybridized carbons (Fsp3) is 0.105. The van der Waals surface area contributed by atoms with E-state index in [2.05, 4.69) is 6.58 Å². The maximum atomic E-state index is 11.7. The monoisotopic (exact) mass is 354 g/mol. The molecule has 0 saturated heterocycles. The van der Waals surface area contributed by atoms with Crippen LogP contribution in [-0.2, 0) is 21.2 Å². The molecule has 0 fully saturated rings. The molecule has 1 heterocycles. The number of carbonyl (C=O) groups is 1. The predicted octanol–water partition coefficient (Wildman–Crippen LogP) is 2.59. The Morgan fingerprint density at radius 3 is 2.60 bits per heavy atom. The van der Waals surface area contributed by atoms with Crippen molar-refractivity contribution in [1.29, 1.82) is 0 Å². The maximum Gasteiger partial charge on any atom is 0.248 e. The number of nitrogens with zero attached hydrogens (tertiary/aromatic N) is 1. The van der Waals surface area contributed by atoms with E-state index in [1.54, 1.807) is 24.3 Å². The Morgan fingerprint density at radius 1 is 1.16 bits per heavy atom. The number of sulfone groups is 1. The summed E-state index contributed by atoms with van der Waals surface area (Å²) < 4.78 is 25.4. The van der Waals surface area contributed by atoms with Crippen molar-refractivity contribution in [2.24, 2.45) is 5.73 Å². The standard InChI is InChI=1S/C19H18N2O3S/c1-13(19(20)22)15-6-7-18-16(11-15)8-9-21(18)12-14-4-3-5-17(10-14)25(2,23)24/h3-11H,1,12H2,2H3,(H2,20,22). The number of aromatic nitrogens is 1. The molecule has 3 aromatic rings. The van der Waals surface area contributed by atoms with Gasteiger partial charge in [-0.15, -0.1) is 0 Å². The van der Waals surface area contributed by atoms with Crippen molar-refractivity contribution in [3.05, 3.63) is 72.4 Å². The molecule has 6 heteroatoms. The summed E-state index contributed by atoms with van der Waals surface area (Å²) in [5.74, 6) is -0.545. The van der Waals surface area contributed by atoms with E-state index in [0.717, 1.165) is 16.5 Å². The molecule has 25 heavy (non-hydrogen) atoms. The number of hydrogen-bond donors (Lipinski definition) is 1. The molecule has 0 spiro atoms. The van der Waals surface area contributed by atoms with Crippen LogP contribution in [0.25, 0.3) is 16.5 Å². The van der Waals surface area contributed by atoms with Crippen molar-refractivity contribution < 1.29 is 13.2 Å². The predicted molar refractivity (Wildman–Crippen MR) is 98.8 cm³/mol. The first-order valence-electron chi connectivity index (χ1n) is 7.63. The third-order valence-electron chi connectivity index (χ3n) is 4.10. The van der Waals surface area contributed by atoms with Gasteiger partial charge in [0.2, 0.25) is 5.91 Å². The summed E-state index contributed by atoms with van der Waals surface area (Å²) in [6, 6.07) is 14.4. The maximum absolute atomic E-state index is 11.7. The Morgan fingerprint density at radius 2 is 1.92 bits per heavy atom.